The molecule has 122 valence electrons. The fourth-order valence-electron chi connectivity index (χ4n) is 2.01. The molecule has 0 spiro atoms. The molecule has 2 aromatic rings. The molecule has 0 aliphatic rings. The lowest BCUT2D eigenvalue weighted by Crippen LogP contribution is -2.13. The van der Waals surface area contributed by atoms with E-state index in [2.05, 4.69) is 34.2 Å². The maximum absolute atomic E-state index is 6.29. The van der Waals surface area contributed by atoms with Crippen molar-refractivity contribution in [1.82, 2.24) is 0 Å². The molecule has 1 N–H and O–H groups in total. The summed E-state index contributed by atoms with van der Waals surface area (Å²) in [5.74, 6) is 0.766. The SMILES string of the molecule is CCc1ccc(OCc2c(Cl)cccc2NC(=S)OC)c(Br)c1. The Kier molecular flexibility index (Phi) is 6.69. The first-order chi connectivity index (χ1) is 11.0. The first-order valence-corrected chi connectivity index (χ1v) is 8.66. The summed E-state index contributed by atoms with van der Waals surface area (Å²) in [6.07, 6.45) is 0.978. The molecule has 0 aliphatic carbocycles. The number of hydrogen-bond donors (Lipinski definition) is 1. The predicted octanol–water partition coefficient (Wildman–Crippen LogP) is 5.59. The Balaban J connectivity index is 2.18. The van der Waals surface area contributed by atoms with Crippen molar-refractivity contribution in [2.24, 2.45) is 0 Å². The average molecular weight is 415 g/mol. The summed E-state index contributed by atoms with van der Waals surface area (Å²) in [7, 11) is 1.52. The topological polar surface area (TPSA) is 30.5 Å². The molecule has 2 rings (SSSR count). The number of methoxy groups -OCH3 is 1. The summed E-state index contributed by atoms with van der Waals surface area (Å²) in [4.78, 5) is 0. The highest BCUT2D eigenvalue weighted by Crippen LogP contribution is 2.30. The van der Waals surface area contributed by atoms with E-state index in [4.69, 9.17) is 33.3 Å². The van der Waals surface area contributed by atoms with E-state index >= 15 is 0 Å². The van der Waals surface area contributed by atoms with Gasteiger partial charge >= 0.3 is 0 Å². The van der Waals surface area contributed by atoms with E-state index in [1.54, 1.807) is 0 Å². The molecule has 0 aliphatic heterocycles. The first-order valence-electron chi connectivity index (χ1n) is 7.08. The van der Waals surface area contributed by atoms with Crippen LogP contribution in [-0.4, -0.2) is 12.3 Å². The van der Waals surface area contributed by atoms with Crippen molar-refractivity contribution in [2.45, 2.75) is 20.0 Å². The van der Waals surface area contributed by atoms with Gasteiger partial charge in [0.25, 0.3) is 5.17 Å². The molecular weight excluding hydrogens is 398 g/mol. The average Bonchev–Trinajstić information content (AvgIpc) is 2.55. The highest BCUT2D eigenvalue weighted by Gasteiger charge is 2.11. The lowest BCUT2D eigenvalue weighted by molar-refractivity contribution is 0.305. The Bertz CT molecular complexity index is 709. The van der Waals surface area contributed by atoms with Gasteiger partial charge in [0.2, 0.25) is 0 Å². The summed E-state index contributed by atoms with van der Waals surface area (Å²) in [6, 6.07) is 11.6. The lowest BCUT2D eigenvalue weighted by Gasteiger charge is -2.15. The van der Waals surface area contributed by atoms with Gasteiger partial charge in [0.05, 0.1) is 11.6 Å². The molecule has 0 heterocycles. The maximum Gasteiger partial charge on any atom is 0.260 e. The molecule has 0 fully saturated rings. The predicted molar refractivity (Wildman–Crippen MR) is 103 cm³/mol. The van der Waals surface area contributed by atoms with Gasteiger partial charge in [-0.25, -0.2) is 0 Å². The van der Waals surface area contributed by atoms with E-state index in [0.717, 1.165) is 27.9 Å². The van der Waals surface area contributed by atoms with Gasteiger partial charge in [0.15, 0.2) is 0 Å². The van der Waals surface area contributed by atoms with E-state index in [1.165, 1.54) is 12.7 Å². The van der Waals surface area contributed by atoms with Gasteiger partial charge in [0.1, 0.15) is 12.4 Å². The Labute approximate surface area is 155 Å². The summed E-state index contributed by atoms with van der Waals surface area (Å²) < 4.78 is 11.8. The van der Waals surface area contributed by atoms with Crippen LogP contribution in [0, 0.1) is 0 Å². The Morgan fingerprint density at radius 3 is 2.74 bits per heavy atom. The number of hydrogen-bond acceptors (Lipinski definition) is 3. The molecular formula is C17H17BrClNO2S. The zero-order valence-electron chi connectivity index (χ0n) is 12.9. The quantitative estimate of drug-likeness (QED) is 0.646. The van der Waals surface area contributed by atoms with Crippen LogP contribution in [0.3, 0.4) is 0 Å². The van der Waals surface area contributed by atoms with Crippen LogP contribution >= 0.6 is 39.7 Å². The minimum absolute atomic E-state index is 0.280. The van der Waals surface area contributed by atoms with Crippen LogP contribution in [0.1, 0.15) is 18.1 Å². The third-order valence-corrected chi connectivity index (χ3v) is 4.56. The van der Waals surface area contributed by atoms with Crippen LogP contribution in [0.15, 0.2) is 40.9 Å². The summed E-state index contributed by atoms with van der Waals surface area (Å²) >= 11 is 14.9. The van der Waals surface area contributed by atoms with E-state index in [-0.39, 0.29) is 5.17 Å². The van der Waals surface area contributed by atoms with Crippen molar-refractivity contribution in [3.05, 3.63) is 57.0 Å². The number of benzene rings is 2. The molecule has 0 unspecified atom stereocenters. The molecule has 0 atom stereocenters. The lowest BCUT2D eigenvalue weighted by atomic mass is 10.1. The number of ether oxygens (including phenoxy) is 2. The molecule has 0 saturated heterocycles. The molecule has 0 saturated carbocycles. The second kappa shape index (κ2) is 8.52. The minimum atomic E-state index is 0.280. The Morgan fingerprint density at radius 2 is 2.09 bits per heavy atom. The molecule has 0 radical (unpaired) electrons. The van der Waals surface area contributed by atoms with Crippen molar-refractivity contribution in [2.75, 3.05) is 12.4 Å². The van der Waals surface area contributed by atoms with Gasteiger partial charge in [-0.15, -0.1) is 0 Å². The molecule has 23 heavy (non-hydrogen) atoms. The number of aryl methyl sites for hydroxylation is 1. The minimum Gasteiger partial charge on any atom is -0.488 e. The second-order valence-electron chi connectivity index (χ2n) is 4.79. The van der Waals surface area contributed by atoms with Crippen molar-refractivity contribution >= 4 is 50.6 Å². The van der Waals surface area contributed by atoms with Crippen LogP contribution in [-0.2, 0) is 17.8 Å². The molecule has 0 bridgehead atoms. The fourth-order valence-corrected chi connectivity index (χ4v) is 2.89. The summed E-state index contributed by atoms with van der Waals surface area (Å²) in [6.45, 7) is 2.43. The van der Waals surface area contributed by atoms with Gasteiger partial charge in [-0.3, -0.25) is 0 Å². The van der Waals surface area contributed by atoms with Crippen LogP contribution in [0.5, 0.6) is 5.75 Å². The van der Waals surface area contributed by atoms with Crippen molar-refractivity contribution < 1.29 is 9.47 Å². The molecule has 6 heteroatoms. The van der Waals surface area contributed by atoms with E-state index in [1.807, 2.05) is 30.3 Å². The number of nitrogens with one attached hydrogen (secondary N) is 1. The standard InChI is InChI=1S/C17H17BrClNO2S/c1-3-11-7-8-16(13(18)9-11)22-10-12-14(19)5-4-6-15(12)20-17(23)21-2/h4-9H,3,10H2,1-2H3,(H,20,23). The summed E-state index contributed by atoms with van der Waals surface area (Å²) in [5, 5.41) is 3.89. The number of rotatable bonds is 5. The van der Waals surface area contributed by atoms with Gasteiger partial charge in [-0.05, 0) is 64.4 Å². The van der Waals surface area contributed by atoms with Crippen LogP contribution < -0.4 is 10.1 Å². The van der Waals surface area contributed by atoms with Crippen molar-refractivity contribution in [3.63, 3.8) is 0 Å². The van der Waals surface area contributed by atoms with Gasteiger partial charge in [0, 0.05) is 16.3 Å². The van der Waals surface area contributed by atoms with E-state index < -0.39 is 0 Å². The van der Waals surface area contributed by atoms with Gasteiger partial charge in [-0.1, -0.05) is 30.7 Å². The normalized spacial score (nSPS) is 10.3. The van der Waals surface area contributed by atoms with Crippen molar-refractivity contribution in [3.8, 4) is 5.75 Å². The summed E-state index contributed by atoms with van der Waals surface area (Å²) in [5.41, 5.74) is 2.83. The molecule has 2 aromatic carbocycles. The van der Waals surface area contributed by atoms with Crippen LogP contribution in [0.4, 0.5) is 5.69 Å². The number of halogens is 2. The molecule has 0 aromatic heterocycles. The molecule has 0 amide bonds. The smallest absolute Gasteiger partial charge is 0.260 e. The van der Waals surface area contributed by atoms with Crippen LogP contribution in [0.2, 0.25) is 5.02 Å². The zero-order chi connectivity index (χ0) is 16.8. The zero-order valence-corrected chi connectivity index (χ0v) is 16.0. The largest absolute Gasteiger partial charge is 0.488 e. The highest BCUT2D eigenvalue weighted by atomic mass is 79.9. The third kappa shape index (κ3) is 4.83. The number of anilines is 1. The Hall–Kier alpha value is -1.30. The van der Waals surface area contributed by atoms with Crippen LogP contribution in [0.25, 0.3) is 0 Å². The Morgan fingerprint density at radius 1 is 1.30 bits per heavy atom. The first kappa shape index (κ1) is 18.0. The van der Waals surface area contributed by atoms with Crippen molar-refractivity contribution in [1.29, 1.82) is 0 Å². The molecule has 3 nitrogen and oxygen atoms in total. The highest BCUT2D eigenvalue weighted by molar-refractivity contribution is 9.10. The number of thiocarbonyl (C=S) groups is 1. The fraction of sp³-hybridized carbons (Fsp3) is 0.235. The monoisotopic (exact) mass is 413 g/mol. The third-order valence-electron chi connectivity index (χ3n) is 3.32. The van der Waals surface area contributed by atoms with E-state index in [0.29, 0.717) is 11.6 Å². The van der Waals surface area contributed by atoms with Gasteiger partial charge < -0.3 is 14.8 Å². The van der Waals surface area contributed by atoms with E-state index in [9.17, 15) is 0 Å². The maximum atomic E-state index is 6.29. The van der Waals surface area contributed by atoms with Gasteiger partial charge in [-0.2, -0.15) is 0 Å². The second-order valence-corrected chi connectivity index (χ2v) is 6.42.